The summed E-state index contributed by atoms with van der Waals surface area (Å²) in [6.45, 7) is 0. The molecule has 1 aromatic heterocycles. The van der Waals surface area contributed by atoms with Crippen LogP contribution in [0.3, 0.4) is 0 Å². The quantitative estimate of drug-likeness (QED) is 0.320. The average molecular weight is 388 g/mol. The zero-order valence-electron chi connectivity index (χ0n) is 14.9. The van der Waals surface area contributed by atoms with Gasteiger partial charge in [-0.25, -0.2) is 4.79 Å². The first-order valence-corrected chi connectivity index (χ1v) is 8.46. The fourth-order valence-corrected chi connectivity index (χ4v) is 3.32. The molecule has 1 aliphatic heterocycles. The van der Waals surface area contributed by atoms with Crippen LogP contribution in [0, 0.1) is 0 Å². The number of fused-ring (bicyclic) bond motifs is 1. The molecule has 0 spiro atoms. The van der Waals surface area contributed by atoms with Crippen molar-refractivity contribution in [2.45, 2.75) is 24.4 Å². The van der Waals surface area contributed by atoms with Crippen LogP contribution in [-0.2, 0) is 4.74 Å². The van der Waals surface area contributed by atoms with Gasteiger partial charge in [-0.3, -0.25) is 4.79 Å². The minimum atomic E-state index is -1.62. The number of methoxy groups -OCH3 is 1. The van der Waals surface area contributed by atoms with Gasteiger partial charge in [-0.05, 0) is 11.6 Å². The van der Waals surface area contributed by atoms with E-state index in [1.807, 2.05) is 0 Å². The molecule has 0 radical (unpaired) electrons. The molecule has 3 rings (SSSR count). The molecule has 0 aliphatic carbocycles. The number of hydrogen-bond donors (Lipinski definition) is 6. The standard InChI is InChI=1S/C19H20N2O7/c1-28-19(27)14-11(9-5-3-2-4-6-9)12-13(20-14)18(26)21-15(17(12)25)16(24)10(23)7-8-22/h2-8,10,15-17,20,22-25H,1H3,(H,21,26). The lowest BCUT2D eigenvalue weighted by molar-refractivity contribution is -0.0226. The van der Waals surface area contributed by atoms with Gasteiger partial charge in [-0.1, -0.05) is 30.3 Å². The molecule has 1 aromatic carbocycles. The zero-order valence-corrected chi connectivity index (χ0v) is 14.9. The lowest BCUT2D eigenvalue weighted by Gasteiger charge is -2.34. The average Bonchev–Trinajstić information content (AvgIpc) is 3.12. The van der Waals surface area contributed by atoms with Gasteiger partial charge in [-0.15, -0.1) is 0 Å². The van der Waals surface area contributed by atoms with Crippen molar-refractivity contribution in [2.24, 2.45) is 0 Å². The molecular formula is C19H20N2O7. The Morgan fingerprint density at radius 2 is 1.93 bits per heavy atom. The number of aromatic amines is 1. The van der Waals surface area contributed by atoms with Crippen LogP contribution in [0.15, 0.2) is 42.7 Å². The van der Waals surface area contributed by atoms with Crippen molar-refractivity contribution < 1.29 is 34.8 Å². The maximum absolute atomic E-state index is 12.6. The van der Waals surface area contributed by atoms with E-state index in [9.17, 15) is 24.9 Å². The molecule has 0 bridgehead atoms. The number of esters is 1. The molecule has 0 saturated carbocycles. The van der Waals surface area contributed by atoms with Crippen molar-refractivity contribution in [1.29, 1.82) is 0 Å². The SMILES string of the molecule is COC(=O)c1[nH]c2c(c1-c1ccccc1)C(O)C(C(O)C(O)C=CO)NC2=O. The number of rotatable bonds is 5. The Labute approximate surface area is 159 Å². The monoisotopic (exact) mass is 388 g/mol. The van der Waals surface area contributed by atoms with Crippen LogP contribution in [0.25, 0.3) is 11.1 Å². The molecule has 2 aromatic rings. The molecule has 1 aliphatic rings. The molecule has 0 fully saturated rings. The molecule has 2 heterocycles. The Morgan fingerprint density at radius 1 is 1.25 bits per heavy atom. The van der Waals surface area contributed by atoms with Crippen LogP contribution in [-0.4, -0.2) is 62.6 Å². The number of carbonyl (C=O) groups is 2. The highest BCUT2D eigenvalue weighted by Gasteiger charge is 2.43. The normalized spacial score (nSPS) is 21.1. The van der Waals surface area contributed by atoms with Crippen molar-refractivity contribution in [1.82, 2.24) is 10.3 Å². The summed E-state index contributed by atoms with van der Waals surface area (Å²) in [5, 5.41) is 42.3. The summed E-state index contributed by atoms with van der Waals surface area (Å²) in [5.41, 5.74) is 0.883. The van der Waals surface area contributed by atoms with E-state index in [4.69, 9.17) is 9.84 Å². The third-order valence-corrected chi connectivity index (χ3v) is 4.65. The van der Waals surface area contributed by atoms with Gasteiger partial charge in [0, 0.05) is 11.1 Å². The van der Waals surface area contributed by atoms with Crippen molar-refractivity contribution in [3.8, 4) is 11.1 Å². The van der Waals surface area contributed by atoms with E-state index in [0.29, 0.717) is 11.8 Å². The predicted octanol–water partition coefficient (Wildman–Crippen LogP) is 0.407. The summed E-state index contributed by atoms with van der Waals surface area (Å²) < 4.78 is 4.78. The predicted molar refractivity (Wildman–Crippen MR) is 97.6 cm³/mol. The fraction of sp³-hybridized carbons (Fsp3) is 0.263. The first-order chi connectivity index (χ1) is 13.4. The summed E-state index contributed by atoms with van der Waals surface area (Å²) in [5.74, 6) is -1.40. The number of benzene rings is 1. The molecule has 9 nitrogen and oxygen atoms in total. The Hall–Kier alpha value is -3.14. The molecule has 28 heavy (non-hydrogen) atoms. The van der Waals surface area contributed by atoms with E-state index >= 15 is 0 Å². The lowest BCUT2D eigenvalue weighted by Crippen LogP contribution is -2.54. The maximum Gasteiger partial charge on any atom is 0.355 e. The van der Waals surface area contributed by atoms with Crippen molar-refractivity contribution in [3.05, 3.63) is 59.6 Å². The Bertz CT molecular complexity index is 907. The molecule has 1 amide bonds. The highest BCUT2D eigenvalue weighted by Crippen LogP contribution is 2.39. The number of aliphatic hydroxyl groups is 4. The summed E-state index contributed by atoms with van der Waals surface area (Å²) in [6.07, 6.45) is -3.14. The third kappa shape index (κ3) is 3.26. The van der Waals surface area contributed by atoms with Gasteiger partial charge < -0.3 is 35.5 Å². The van der Waals surface area contributed by atoms with Gasteiger partial charge in [0.2, 0.25) is 0 Å². The number of amides is 1. The lowest BCUT2D eigenvalue weighted by atomic mass is 9.87. The topological polar surface area (TPSA) is 152 Å². The molecule has 148 valence electrons. The second-order valence-electron chi connectivity index (χ2n) is 6.29. The summed E-state index contributed by atoms with van der Waals surface area (Å²) in [4.78, 5) is 27.5. The van der Waals surface area contributed by atoms with E-state index in [2.05, 4.69) is 10.3 Å². The second-order valence-corrected chi connectivity index (χ2v) is 6.29. The summed E-state index contributed by atoms with van der Waals surface area (Å²) >= 11 is 0. The molecule has 0 saturated heterocycles. The van der Waals surface area contributed by atoms with Gasteiger partial charge in [0.1, 0.15) is 29.7 Å². The zero-order chi connectivity index (χ0) is 20.4. The number of aromatic nitrogens is 1. The van der Waals surface area contributed by atoms with Gasteiger partial charge >= 0.3 is 5.97 Å². The first-order valence-electron chi connectivity index (χ1n) is 8.46. The molecule has 9 heteroatoms. The third-order valence-electron chi connectivity index (χ3n) is 4.65. The van der Waals surface area contributed by atoms with Crippen LogP contribution < -0.4 is 5.32 Å². The van der Waals surface area contributed by atoms with E-state index in [1.54, 1.807) is 30.3 Å². The minimum Gasteiger partial charge on any atom is -0.516 e. The van der Waals surface area contributed by atoms with Gasteiger partial charge in [-0.2, -0.15) is 0 Å². The van der Waals surface area contributed by atoms with E-state index in [0.717, 1.165) is 6.08 Å². The van der Waals surface area contributed by atoms with Crippen LogP contribution in [0.4, 0.5) is 0 Å². The number of nitrogens with one attached hydrogen (secondary N) is 2. The van der Waals surface area contributed by atoms with Crippen molar-refractivity contribution in [2.75, 3.05) is 7.11 Å². The van der Waals surface area contributed by atoms with Gasteiger partial charge in [0.15, 0.2) is 0 Å². The Kier molecular flexibility index (Phi) is 5.50. The van der Waals surface area contributed by atoms with E-state index in [-0.39, 0.29) is 22.5 Å². The molecule has 4 unspecified atom stereocenters. The van der Waals surface area contributed by atoms with Gasteiger partial charge in [0.05, 0.1) is 19.4 Å². The van der Waals surface area contributed by atoms with E-state index < -0.39 is 36.2 Å². The van der Waals surface area contributed by atoms with Crippen LogP contribution in [0.5, 0.6) is 0 Å². The van der Waals surface area contributed by atoms with Gasteiger partial charge in [0.25, 0.3) is 5.91 Å². The minimum absolute atomic E-state index is 0.0150. The number of H-pyrrole nitrogens is 1. The number of aliphatic hydroxyl groups excluding tert-OH is 4. The van der Waals surface area contributed by atoms with Crippen LogP contribution in [0.2, 0.25) is 0 Å². The summed E-state index contributed by atoms with van der Waals surface area (Å²) in [6, 6.07) is 7.34. The maximum atomic E-state index is 12.6. The Balaban J connectivity index is 2.16. The highest BCUT2D eigenvalue weighted by molar-refractivity contribution is 6.04. The first kappa shape index (κ1) is 19.6. The van der Waals surface area contributed by atoms with Crippen molar-refractivity contribution >= 4 is 11.9 Å². The van der Waals surface area contributed by atoms with Crippen LogP contribution in [0.1, 0.15) is 32.6 Å². The largest absolute Gasteiger partial charge is 0.516 e. The number of carbonyl (C=O) groups excluding carboxylic acids is 2. The second kappa shape index (κ2) is 7.85. The summed E-state index contributed by atoms with van der Waals surface area (Å²) in [7, 11) is 1.19. The molecular weight excluding hydrogens is 368 g/mol. The van der Waals surface area contributed by atoms with Crippen LogP contribution >= 0.6 is 0 Å². The number of ether oxygens (including phenoxy) is 1. The highest BCUT2D eigenvalue weighted by atomic mass is 16.5. The fourth-order valence-electron chi connectivity index (χ4n) is 3.32. The Morgan fingerprint density at radius 3 is 2.54 bits per heavy atom. The van der Waals surface area contributed by atoms with Crippen molar-refractivity contribution in [3.63, 3.8) is 0 Å². The molecule has 6 N–H and O–H groups in total. The van der Waals surface area contributed by atoms with E-state index in [1.165, 1.54) is 7.11 Å². The molecule has 4 atom stereocenters. The number of hydrogen-bond acceptors (Lipinski definition) is 7. The smallest absolute Gasteiger partial charge is 0.355 e.